The molecule has 6 heteroatoms. The Morgan fingerprint density at radius 2 is 2.29 bits per heavy atom. The number of hydrogen-bond donors (Lipinski definition) is 1. The first kappa shape index (κ1) is 15.0. The number of hydrogen-bond acceptors (Lipinski definition) is 4. The highest BCUT2D eigenvalue weighted by Gasteiger charge is 2.05. The molecule has 0 saturated carbocycles. The SMILES string of the molecule is CCCCOc1ccc(F)cc1C=Nn1cc(C)nc1N. The van der Waals surface area contributed by atoms with Crippen molar-refractivity contribution < 1.29 is 9.13 Å². The molecule has 2 aromatic rings. The molecule has 0 atom stereocenters. The van der Waals surface area contributed by atoms with E-state index in [9.17, 15) is 4.39 Å². The standard InChI is InChI=1S/C15H19FN4O/c1-3-4-7-21-14-6-5-13(16)8-12(14)9-18-20-10-11(2)19-15(20)17/h5-6,8-10H,3-4,7H2,1-2H3,(H2,17,19). The molecular weight excluding hydrogens is 271 g/mol. The van der Waals surface area contributed by atoms with Crippen molar-refractivity contribution in [2.45, 2.75) is 26.7 Å². The topological polar surface area (TPSA) is 65.4 Å². The average molecular weight is 290 g/mol. The van der Waals surface area contributed by atoms with Crippen LogP contribution in [0.1, 0.15) is 31.0 Å². The molecule has 0 unspecified atom stereocenters. The van der Waals surface area contributed by atoms with E-state index in [1.54, 1.807) is 12.3 Å². The molecule has 1 aromatic carbocycles. The molecule has 0 aliphatic heterocycles. The largest absolute Gasteiger partial charge is 0.493 e. The van der Waals surface area contributed by atoms with Gasteiger partial charge in [-0.05, 0) is 31.5 Å². The van der Waals surface area contributed by atoms with Crippen LogP contribution >= 0.6 is 0 Å². The van der Waals surface area contributed by atoms with Gasteiger partial charge in [0.05, 0.1) is 24.7 Å². The Kier molecular flexibility index (Phi) is 4.92. The van der Waals surface area contributed by atoms with Crippen LogP contribution in [0.15, 0.2) is 29.5 Å². The number of nitrogens with zero attached hydrogens (tertiary/aromatic N) is 3. The zero-order valence-electron chi connectivity index (χ0n) is 12.2. The second-order valence-corrected chi connectivity index (χ2v) is 4.71. The van der Waals surface area contributed by atoms with Crippen molar-refractivity contribution in [1.82, 2.24) is 9.66 Å². The van der Waals surface area contributed by atoms with Gasteiger partial charge in [0.25, 0.3) is 0 Å². The van der Waals surface area contributed by atoms with Crippen molar-refractivity contribution in [3.8, 4) is 5.75 Å². The van der Waals surface area contributed by atoms with Crippen LogP contribution in [0, 0.1) is 12.7 Å². The lowest BCUT2D eigenvalue weighted by Crippen LogP contribution is -2.01. The first-order valence-electron chi connectivity index (χ1n) is 6.88. The summed E-state index contributed by atoms with van der Waals surface area (Å²) in [5.74, 6) is 0.548. The van der Waals surface area contributed by atoms with Gasteiger partial charge in [0.1, 0.15) is 11.6 Å². The number of nitrogens with two attached hydrogens (primary N) is 1. The van der Waals surface area contributed by atoms with Gasteiger partial charge in [0, 0.05) is 5.56 Å². The Balaban J connectivity index is 2.21. The zero-order chi connectivity index (χ0) is 15.2. The van der Waals surface area contributed by atoms with Gasteiger partial charge in [-0.2, -0.15) is 5.10 Å². The Morgan fingerprint density at radius 3 is 2.95 bits per heavy atom. The molecule has 0 aliphatic rings. The Morgan fingerprint density at radius 1 is 1.48 bits per heavy atom. The van der Waals surface area contributed by atoms with Crippen LogP contribution in [0.4, 0.5) is 10.3 Å². The van der Waals surface area contributed by atoms with Crippen molar-refractivity contribution in [3.05, 3.63) is 41.5 Å². The molecule has 0 spiro atoms. The fraction of sp³-hybridized carbons (Fsp3) is 0.333. The molecule has 0 bridgehead atoms. The van der Waals surface area contributed by atoms with E-state index in [0.717, 1.165) is 18.5 Å². The quantitative estimate of drug-likeness (QED) is 0.657. The molecule has 1 aromatic heterocycles. The van der Waals surface area contributed by atoms with Crippen molar-refractivity contribution in [2.75, 3.05) is 12.3 Å². The first-order chi connectivity index (χ1) is 10.1. The number of imidazole rings is 1. The highest BCUT2D eigenvalue weighted by Crippen LogP contribution is 2.18. The lowest BCUT2D eigenvalue weighted by Gasteiger charge is -2.08. The van der Waals surface area contributed by atoms with Gasteiger partial charge >= 0.3 is 0 Å². The second-order valence-electron chi connectivity index (χ2n) is 4.71. The predicted molar refractivity (Wildman–Crippen MR) is 81.2 cm³/mol. The van der Waals surface area contributed by atoms with Crippen molar-refractivity contribution in [1.29, 1.82) is 0 Å². The monoisotopic (exact) mass is 290 g/mol. The minimum absolute atomic E-state index is 0.286. The lowest BCUT2D eigenvalue weighted by atomic mass is 10.2. The number of aryl methyl sites for hydroxylation is 1. The summed E-state index contributed by atoms with van der Waals surface area (Å²) in [5, 5.41) is 4.18. The minimum atomic E-state index is -0.339. The lowest BCUT2D eigenvalue weighted by molar-refractivity contribution is 0.308. The van der Waals surface area contributed by atoms with E-state index in [-0.39, 0.29) is 11.8 Å². The summed E-state index contributed by atoms with van der Waals surface area (Å²) in [7, 11) is 0. The van der Waals surface area contributed by atoms with E-state index in [0.29, 0.717) is 17.9 Å². The predicted octanol–water partition coefficient (Wildman–Crippen LogP) is 2.97. The molecule has 2 rings (SSSR count). The first-order valence-corrected chi connectivity index (χ1v) is 6.88. The molecule has 112 valence electrons. The van der Waals surface area contributed by atoms with Gasteiger partial charge in [-0.3, -0.25) is 0 Å². The molecule has 0 fully saturated rings. The van der Waals surface area contributed by atoms with Crippen molar-refractivity contribution in [2.24, 2.45) is 5.10 Å². The van der Waals surface area contributed by atoms with E-state index >= 15 is 0 Å². The Bertz CT molecular complexity index is 637. The highest BCUT2D eigenvalue weighted by atomic mass is 19.1. The smallest absolute Gasteiger partial charge is 0.221 e. The molecule has 21 heavy (non-hydrogen) atoms. The number of aromatic nitrogens is 2. The molecular formula is C15H19FN4O. The summed E-state index contributed by atoms with van der Waals surface area (Å²) < 4.78 is 20.5. The van der Waals surface area contributed by atoms with Crippen LogP contribution in [0.2, 0.25) is 0 Å². The summed E-state index contributed by atoms with van der Waals surface area (Å²) in [4.78, 5) is 4.05. The van der Waals surface area contributed by atoms with Gasteiger partial charge in [-0.25, -0.2) is 14.1 Å². The van der Waals surface area contributed by atoms with Gasteiger partial charge < -0.3 is 10.5 Å². The maximum Gasteiger partial charge on any atom is 0.221 e. The third-order valence-electron chi connectivity index (χ3n) is 2.88. The van der Waals surface area contributed by atoms with Crippen LogP contribution in [-0.2, 0) is 0 Å². The average Bonchev–Trinajstić information content (AvgIpc) is 2.77. The second kappa shape index (κ2) is 6.88. The summed E-state index contributed by atoms with van der Waals surface area (Å²) in [6, 6.07) is 4.36. The van der Waals surface area contributed by atoms with Gasteiger partial charge in [0.2, 0.25) is 5.95 Å². The fourth-order valence-electron chi connectivity index (χ4n) is 1.80. The van der Waals surface area contributed by atoms with Crippen LogP contribution in [0.25, 0.3) is 0 Å². The zero-order valence-corrected chi connectivity index (χ0v) is 12.2. The molecule has 2 N–H and O–H groups in total. The summed E-state index contributed by atoms with van der Waals surface area (Å²) in [5.41, 5.74) is 7.04. The third-order valence-corrected chi connectivity index (χ3v) is 2.88. The number of benzene rings is 1. The van der Waals surface area contributed by atoms with Gasteiger partial charge in [-0.15, -0.1) is 0 Å². The number of nitrogen functional groups attached to an aromatic ring is 1. The van der Waals surface area contributed by atoms with Crippen molar-refractivity contribution >= 4 is 12.2 Å². The number of unbranched alkanes of at least 4 members (excludes halogenated alkanes) is 1. The summed E-state index contributed by atoms with van der Waals surface area (Å²) in [6.07, 6.45) is 5.20. The molecule has 0 amide bonds. The molecule has 0 saturated heterocycles. The molecule has 0 aliphatic carbocycles. The molecule has 1 heterocycles. The Labute approximate surface area is 123 Å². The molecule has 0 radical (unpaired) electrons. The highest BCUT2D eigenvalue weighted by molar-refractivity contribution is 5.83. The maximum absolute atomic E-state index is 13.4. The van der Waals surface area contributed by atoms with Gasteiger partial charge in [-0.1, -0.05) is 13.3 Å². The maximum atomic E-state index is 13.4. The van der Waals surface area contributed by atoms with Gasteiger partial charge in [0.15, 0.2) is 0 Å². The number of ether oxygens (including phenoxy) is 1. The van der Waals surface area contributed by atoms with Crippen LogP contribution in [0.5, 0.6) is 5.75 Å². The minimum Gasteiger partial charge on any atom is -0.493 e. The van der Waals surface area contributed by atoms with Crippen LogP contribution < -0.4 is 10.5 Å². The normalized spacial score (nSPS) is 11.2. The number of halogens is 1. The van der Waals surface area contributed by atoms with Crippen molar-refractivity contribution in [3.63, 3.8) is 0 Å². The van der Waals surface area contributed by atoms with E-state index in [1.807, 2.05) is 6.92 Å². The summed E-state index contributed by atoms with van der Waals surface area (Å²) >= 11 is 0. The van der Waals surface area contributed by atoms with E-state index < -0.39 is 0 Å². The molecule has 5 nitrogen and oxygen atoms in total. The third kappa shape index (κ3) is 4.05. The Hall–Kier alpha value is -2.37. The number of rotatable bonds is 6. The number of anilines is 1. The van der Waals surface area contributed by atoms with E-state index in [4.69, 9.17) is 10.5 Å². The van der Waals surface area contributed by atoms with E-state index in [1.165, 1.54) is 23.0 Å². The van der Waals surface area contributed by atoms with Crippen LogP contribution in [-0.4, -0.2) is 22.5 Å². The summed E-state index contributed by atoms with van der Waals surface area (Å²) in [6.45, 7) is 4.50. The van der Waals surface area contributed by atoms with E-state index in [2.05, 4.69) is 17.0 Å². The van der Waals surface area contributed by atoms with Crippen LogP contribution in [0.3, 0.4) is 0 Å². The fourth-order valence-corrected chi connectivity index (χ4v) is 1.80.